The van der Waals surface area contributed by atoms with Gasteiger partial charge in [0.2, 0.25) is 0 Å². The Kier molecular flexibility index (Phi) is 4.73. The fourth-order valence-corrected chi connectivity index (χ4v) is 1.18. The average Bonchev–Trinajstić information content (AvgIpc) is 2.29. The second-order valence-corrected chi connectivity index (χ2v) is 4.11. The van der Waals surface area contributed by atoms with E-state index in [2.05, 4.69) is 0 Å². The summed E-state index contributed by atoms with van der Waals surface area (Å²) in [5.74, 6) is 0.690. The molecule has 1 aromatic carbocycles. The summed E-state index contributed by atoms with van der Waals surface area (Å²) in [5, 5.41) is 18.4. The van der Waals surface area contributed by atoms with Crippen molar-refractivity contribution in [2.24, 2.45) is 5.73 Å². The first-order valence-electron chi connectivity index (χ1n) is 5.32. The lowest BCUT2D eigenvalue weighted by Crippen LogP contribution is -2.40. The Labute approximate surface area is 95.7 Å². The molecule has 0 amide bonds. The zero-order chi connectivity index (χ0) is 12.0. The lowest BCUT2D eigenvalue weighted by molar-refractivity contribution is 0.0196. The number of rotatable bonds is 6. The summed E-state index contributed by atoms with van der Waals surface area (Å²) >= 11 is 0. The first-order chi connectivity index (χ1) is 7.57. The first kappa shape index (κ1) is 13.0. The highest BCUT2D eigenvalue weighted by Gasteiger charge is 2.18. The Hall–Kier alpha value is -1.10. The zero-order valence-corrected chi connectivity index (χ0v) is 9.52. The molecular weight excluding hydrogens is 206 g/mol. The van der Waals surface area contributed by atoms with Gasteiger partial charge in [-0.2, -0.15) is 0 Å². The number of aliphatic hydroxyl groups is 2. The summed E-state index contributed by atoms with van der Waals surface area (Å²) in [6.45, 7) is 2.10. The van der Waals surface area contributed by atoms with Gasteiger partial charge in [0, 0.05) is 13.2 Å². The van der Waals surface area contributed by atoms with Gasteiger partial charge >= 0.3 is 0 Å². The van der Waals surface area contributed by atoms with Crippen molar-refractivity contribution >= 4 is 0 Å². The standard InChI is InChI=1S/C12H19NO3/c1-12(15,8-13)9-16-11-4-2-10(3-5-11)6-7-14/h2-5,14-15H,6-9,13H2,1H3. The van der Waals surface area contributed by atoms with Crippen molar-refractivity contribution in [2.45, 2.75) is 18.9 Å². The van der Waals surface area contributed by atoms with Crippen LogP contribution in [-0.4, -0.2) is 35.6 Å². The van der Waals surface area contributed by atoms with Crippen LogP contribution in [0.5, 0.6) is 5.75 Å². The van der Waals surface area contributed by atoms with Gasteiger partial charge in [-0.25, -0.2) is 0 Å². The maximum absolute atomic E-state index is 9.64. The van der Waals surface area contributed by atoms with E-state index in [4.69, 9.17) is 15.6 Å². The van der Waals surface area contributed by atoms with E-state index in [9.17, 15) is 5.11 Å². The van der Waals surface area contributed by atoms with Crippen LogP contribution in [0.4, 0.5) is 0 Å². The van der Waals surface area contributed by atoms with Crippen LogP contribution in [0.2, 0.25) is 0 Å². The van der Waals surface area contributed by atoms with E-state index in [0.29, 0.717) is 12.2 Å². The van der Waals surface area contributed by atoms with Gasteiger partial charge in [0.15, 0.2) is 0 Å². The molecule has 1 aromatic rings. The Morgan fingerprint density at radius 2 is 1.94 bits per heavy atom. The number of hydrogen-bond donors (Lipinski definition) is 3. The van der Waals surface area contributed by atoms with Crippen molar-refractivity contribution in [3.8, 4) is 5.75 Å². The molecule has 0 radical (unpaired) electrons. The largest absolute Gasteiger partial charge is 0.491 e. The molecule has 1 atom stereocenters. The molecular formula is C12H19NO3. The van der Waals surface area contributed by atoms with E-state index in [1.807, 2.05) is 24.3 Å². The highest BCUT2D eigenvalue weighted by Crippen LogP contribution is 2.14. The third-order valence-electron chi connectivity index (χ3n) is 2.31. The Morgan fingerprint density at radius 1 is 1.31 bits per heavy atom. The highest BCUT2D eigenvalue weighted by molar-refractivity contribution is 5.27. The second kappa shape index (κ2) is 5.84. The summed E-state index contributed by atoms with van der Waals surface area (Å²) in [7, 11) is 0. The molecule has 0 bridgehead atoms. The topological polar surface area (TPSA) is 75.7 Å². The molecule has 0 aliphatic carbocycles. The number of aliphatic hydroxyl groups excluding tert-OH is 1. The summed E-state index contributed by atoms with van der Waals surface area (Å²) in [6.07, 6.45) is 0.640. The van der Waals surface area contributed by atoms with Crippen LogP contribution >= 0.6 is 0 Å². The SMILES string of the molecule is CC(O)(CN)COc1ccc(CCO)cc1. The number of ether oxygens (including phenoxy) is 1. The molecule has 16 heavy (non-hydrogen) atoms. The summed E-state index contributed by atoms with van der Waals surface area (Å²) < 4.78 is 5.40. The molecule has 4 heteroatoms. The third kappa shape index (κ3) is 4.18. The van der Waals surface area contributed by atoms with Crippen LogP contribution in [-0.2, 0) is 6.42 Å². The molecule has 4 N–H and O–H groups in total. The first-order valence-corrected chi connectivity index (χ1v) is 5.32. The molecule has 0 saturated heterocycles. The van der Waals surface area contributed by atoms with E-state index in [-0.39, 0.29) is 19.8 Å². The van der Waals surface area contributed by atoms with Crippen molar-refractivity contribution in [1.29, 1.82) is 0 Å². The monoisotopic (exact) mass is 225 g/mol. The third-order valence-corrected chi connectivity index (χ3v) is 2.31. The molecule has 1 rings (SSSR count). The quantitative estimate of drug-likeness (QED) is 0.651. The van der Waals surface area contributed by atoms with Crippen LogP contribution in [0.15, 0.2) is 24.3 Å². The van der Waals surface area contributed by atoms with Crippen molar-refractivity contribution < 1.29 is 14.9 Å². The molecule has 0 aliphatic heterocycles. The lowest BCUT2D eigenvalue weighted by atomic mass is 10.1. The van der Waals surface area contributed by atoms with E-state index >= 15 is 0 Å². The van der Waals surface area contributed by atoms with Crippen molar-refractivity contribution in [3.05, 3.63) is 29.8 Å². The van der Waals surface area contributed by atoms with E-state index < -0.39 is 5.60 Å². The molecule has 0 aliphatic rings. The molecule has 1 unspecified atom stereocenters. The molecule has 90 valence electrons. The molecule has 0 heterocycles. The van der Waals surface area contributed by atoms with Crippen LogP contribution in [0, 0.1) is 0 Å². The van der Waals surface area contributed by atoms with Crippen molar-refractivity contribution in [1.82, 2.24) is 0 Å². The van der Waals surface area contributed by atoms with Gasteiger partial charge in [-0.1, -0.05) is 12.1 Å². The van der Waals surface area contributed by atoms with Gasteiger partial charge in [-0.05, 0) is 31.0 Å². The Balaban J connectivity index is 2.49. The minimum atomic E-state index is -0.996. The summed E-state index contributed by atoms with van der Waals surface area (Å²) in [4.78, 5) is 0. The van der Waals surface area contributed by atoms with Crippen molar-refractivity contribution in [2.75, 3.05) is 19.8 Å². The number of hydrogen-bond acceptors (Lipinski definition) is 4. The molecule has 0 fully saturated rings. The van der Waals surface area contributed by atoms with Crippen LogP contribution < -0.4 is 10.5 Å². The minimum Gasteiger partial charge on any atom is -0.491 e. The Morgan fingerprint density at radius 3 is 2.44 bits per heavy atom. The van der Waals surface area contributed by atoms with Gasteiger partial charge in [-0.15, -0.1) is 0 Å². The zero-order valence-electron chi connectivity index (χ0n) is 9.52. The van der Waals surface area contributed by atoms with Gasteiger partial charge in [0.1, 0.15) is 18.0 Å². The van der Waals surface area contributed by atoms with Crippen LogP contribution in [0.25, 0.3) is 0 Å². The maximum Gasteiger partial charge on any atom is 0.119 e. The van der Waals surface area contributed by atoms with E-state index in [1.54, 1.807) is 6.92 Å². The predicted octanol–water partition coefficient (Wildman–Crippen LogP) is 0.310. The lowest BCUT2D eigenvalue weighted by Gasteiger charge is -2.21. The number of benzene rings is 1. The van der Waals surface area contributed by atoms with Gasteiger partial charge in [0.05, 0.1) is 0 Å². The fraction of sp³-hybridized carbons (Fsp3) is 0.500. The average molecular weight is 225 g/mol. The normalized spacial score (nSPS) is 14.5. The smallest absolute Gasteiger partial charge is 0.119 e. The summed E-state index contributed by atoms with van der Waals surface area (Å²) in [5.41, 5.74) is 5.44. The maximum atomic E-state index is 9.64. The van der Waals surface area contributed by atoms with Gasteiger partial charge in [0.25, 0.3) is 0 Å². The van der Waals surface area contributed by atoms with Crippen LogP contribution in [0.1, 0.15) is 12.5 Å². The van der Waals surface area contributed by atoms with Crippen molar-refractivity contribution in [3.63, 3.8) is 0 Å². The molecule has 4 nitrogen and oxygen atoms in total. The number of nitrogens with two attached hydrogens (primary N) is 1. The molecule has 0 aromatic heterocycles. The fourth-order valence-electron chi connectivity index (χ4n) is 1.18. The minimum absolute atomic E-state index is 0.141. The van der Waals surface area contributed by atoms with Crippen LogP contribution in [0.3, 0.4) is 0 Å². The summed E-state index contributed by atoms with van der Waals surface area (Å²) in [6, 6.07) is 7.42. The van der Waals surface area contributed by atoms with E-state index in [0.717, 1.165) is 5.56 Å². The predicted molar refractivity (Wildman–Crippen MR) is 62.4 cm³/mol. The molecule has 0 spiro atoms. The van der Waals surface area contributed by atoms with Gasteiger partial charge < -0.3 is 20.7 Å². The van der Waals surface area contributed by atoms with Gasteiger partial charge in [-0.3, -0.25) is 0 Å². The Bertz CT molecular complexity index is 309. The molecule has 0 saturated carbocycles. The second-order valence-electron chi connectivity index (χ2n) is 4.11. The van der Waals surface area contributed by atoms with E-state index in [1.165, 1.54) is 0 Å². The highest BCUT2D eigenvalue weighted by atomic mass is 16.5.